The van der Waals surface area contributed by atoms with Gasteiger partial charge in [-0.25, -0.2) is 0 Å². The van der Waals surface area contributed by atoms with E-state index >= 15 is 0 Å². The van der Waals surface area contributed by atoms with Gasteiger partial charge in [-0.15, -0.1) is 0 Å². The molecule has 1 aliphatic carbocycles. The molecule has 0 unspecified atom stereocenters. The van der Waals surface area contributed by atoms with Gasteiger partial charge < -0.3 is 19.7 Å². The zero-order chi connectivity index (χ0) is 19.8. The maximum Gasteiger partial charge on any atom is 0.220 e. The SMILES string of the molecule is COC1=C/C(=C/CC(=O)C=C(O)C=Cc2ccc(O)c(OC)c2)C=CC1=O. The van der Waals surface area contributed by atoms with Crippen molar-refractivity contribution in [2.75, 3.05) is 14.2 Å². The van der Waals surface area contributed by atoms with Crippen molar-refractivity contribution in [3.05, 3.63) is 77.3 Å². The Morgan fingerprint density at radius 1 is 1.19 bits per heavy atom. The van der Waals surface area contributed by atoms with E-state index in [0.717, 1.165) is 6.08 Å². The van der Waals surface area contributed by atoms with E-state index in [9.17, 15) is 19.8 Å². The predicted molar refractivity (Wildman–Crippen MR) is 101 cm³/mol. The van der Waals surface area contributed by atoms with Crippen LogP contribution in [0.5, 0.6) is 11.5 Å². The molecule has 2 rings (SSSR count). The lowest BCUT2D eigenvalue weighted by Gasteiger charge is -2.07. The number of carbonyl (C=O) groups excluding carboxylic acids is 2. The van der Waals surface area contributed by atoms with Gasteiger partial charge in [0.1, 0.15) is 5.76 Å². The summed E-state index contributed by atoms with van der Waals surface area (Å²) < 4.78 is 9.96. The van der Waals surface area contributed by atoms with Crippen molar-refractivity contribution in [3.63, 3.8) is 0 Å². The molecule has 6 nitrogen and oxygen atoms in total. The fraction of sp³-hybridized carbons (Fsp3) is 0.143. The molecule has 1 aromatic carbocycles. The summed E-state index contributed by atoms with van der Waals surface area (Å²) >= 11 is 0. The van der Waals surface area contributed by atoms with Gasteiger partial charge in [0.05, 0.1) is 14.2 Å². The summed E-state index contributed by atoms with van der Waals surface area (Å²) in [6.45, 7) is 0. The molecule has 1 aliphatic rings. The van der Waals surface area contributed by atoms with Crippen LogP contribution in [0.1, 0.15) is 12.0 Å². The third-order valence-electron chi connectivity index (χ3n) is 3.69. The van der Waals surface area contributed by atoms with Crippen LogP contribution in [0.25, 0.3) is 6.08 Å². The van der Waals surface area contributed by atoms with Gasteiger partial charge in [0, 0.05) is 12.5 Å². The first-order chi connectivity index (χ1) is 12.9. The van der Waals surface area contributed by atoms with Gasteiger partial charge in [0.2, 0.25) is 5.78 Å². The summed E-state index contributed by atoms with van der Waals surface area (Å²) in [5.41, 5.74) is 1.37. The number of hydrogen-bond donors (Lipinski definition) is 2. The number of carbonyl (C=O) groups is 2. The Morgan fingerprint density at radius 3 is 2.67 bits per heavy atom. The molecular weight excluding hydrogens is 348 g/mol. The van der Waals surface area contributed by atoms with Crippen molar-refractivity contribution in [3.8, 4) is 11.5 Å². The van der Waals surface area contributed by atoms with Gasteiger partial charge in [-0.05, 0) is 41.5 Å². The second-order valence-electron chi connectivity index (χ2n) is 5.62. The Balaban J connectivity index is 2.00. The molecule has 1 aromatic rings. The average Bonchev–Trinajstić information content (AvgIpc) is 2.66. The van der Waals surface area contributed by atoms with Crippen molar-refractivity contribution >= 4 is 17.6 Å². The molecule has 0 bridgehead atoms. The Labute approximate surface area is 157 Å². The van der Waals surface area contributed by atoms with Crippen molar-refractivity contribution in [1.29, 1.82) is 0 Å². The highest BCUT2D eigenvalue weighted by Gasteiger charge is 2.11. The molecule has 0 fully saturated rings. The molecule has 27 heavy (non-hydrogen) atoms. The Bertz CT molecular complexity index is 884. The molecular formula is C21H20O6. The molecule has 0 atom stereocenters. The van der Waals surface area contributed by atoms with Crippen LogP contribution in [0.3, 0.4) is 0 Å². The third-order valence-corrected chi connectivity index (χ3v) is 3.69. The monoisotopic (exact) mass is 368 g/mol. The number of aromatic hydroxyl groups is 1. The van der Waals surface area contributed by atoms with Gasteiger partial charge >= 0.3 is 0 Å². The van der Waals surface area contributed by atoms with Crippen LogP contribution in [-0.4, -0.2) is 36.0 Å². The first kappa shape index (κ1) is 19.8. The standard InChI is InChI=1S/C21H20O6/c1-26-20-11-14(5-9-18(20)24)3-7-16(22)13-17(23)8-4-15-6-10-19(25)21(12-15)27-2/h3-7,9-13,22,24H,8H2,1-2H3/b7-3?,15-4+,16-13?. The third kappa shape index (κ3) is 5.74. The molecule has 0 spiro atoms. The van der Waals surface area contributed by atoms with Gasteiger partial charge in [-0.2, -0.15) is 0 Å². The summed E-state index contributed by atoms with van der Waals surface area (Å²) in [6, 6.07) is 4.72. The zero-order valence-corrected chi connectivity index (χ0v) is 15.0. The van der Waals surface area contributed by atoms with Gasteiger partial charge in [0.15, 0.2) is 23.0 Å². The summed E-state index contributed by atoms with van der Waals surface area (Å²) in [6.07, 6.45) is 10.3. The molecule has 0 amide bonds. The highest BCUT2D eigenvalue weighted by Crippen LogP contribution is 2.26. The number of ether oxygens (including phenoxy) is 2. The summed E-state index contributed by atoms with van der Waals surface area (Å²) in [5, 5.41) is 19.4. The van der Waals surface area contributed by atoms with Crippen LogP contribution in [0.2, 0.25) is 0 Å². The van der Waals surface area contributed by atoms with Crippen molar-refractivity contribution in [2.45, 2.75) is 6.42 Å². The molecule has 6 heteroatoms. The second-order valence-corrected chi connectivity index (χ2v) is 5.62. The van der Waals surface area contributed by atoms with Crippen molar-refractivity contribution in [1.82, 2.24) is 0 Å². The number of phenolic OH excluding ortho intramolecular Hbond substituents is 1. The largest absolute Gasteiger partial charge is 0.508 e. The molecule has 0 heterocycles. The number of phenols is 1. The van der Waals surface area contributed by atoms with E-state index in [1.165, 1.54) is 32.4 Å². The van der Waals surface area contributed by atoms with Crippen LogP contribution in [0.4, 0.5) is 0 Å². The maximum absolute atomic E-state index is 12.0. The first-order valence-electron chi connectivity index (χ1n) is 8.09. The number of benzene rings is 1. The first-order valence-corrected chi connectivity index (χ1v) is 8.09. The predicted octanol–water partition coefficient (Wildman–Crippen LogP) is 3.41. The summed E-state index contributed by atoms with van der Waals surface area (Å²) in [4.78, 5) is 23.4. The lowest BCUT2D eigenvalue weighted by molar-refractivity contribution is -0.114. The molecule has 0 radical (unpaired) electrons. The highest BCUT2D eigenvalue weighted by atomic mass is 16.5. The van der Waals surface area contributed by atoms with Gasteiger partial charge in [0.25, 0.3) is 0 Å². The van der Waals surface area contributed by atoms with E-state index in [1.807, 2.05) is 0 Å². The van der Waals surface area contributed by atoms with Crippen LogP contribution in [-0.2, 0) is 14.3 Å². The Kier molecular flexibility index (Phi) is 6.77. The Morgan fingerprint density at radius 2 is 1.96 bits per heavy atom. The molecule has 140 valence electrons. The van der Waals surface area contributed by atoms with Crippen molar-refractivity contribution < 1.29 is 29.3 Å². The number of hydrogen-bond acceptors (Lipinski definition) is 6. The molecule has 0 saturated heterocycles. The van der Waals surface area contributed by atoms with Crippen LogP contribution in [0.15, 0.2) is 71.7 Å². The minimum Gasteiger partial charge on any atom is -0.508 e. The van der Waals surface area contributed by atoms with E-state index < -0.39 is 0 Å². The summed E-state index contributed by atoms with van der Waals surface area (Å²) in [5.74, 6) is -0.192. The summed E-state index contributed by atoms with van der Waals surface area (Å²) in [7, 11) is 2.84. The average molecular weight is 368 g/mol. The van der Waals surface area contributed by atoms with Gasteiger partial charge in [-0.1, -0.05) is 24.3 Å². The number of allylic oxidation sites excluding steroid dienone is 7. The van der Waals surface area contributed by atoms with Gasteiger partial charge in [-0.3, -0.25) is 9.59 Å². The topological polar surface area (TPSA) is 93.1 Å². The van der Waals surface area contributed by atoms with Crippen LogP contribution >= 0.6 is 0 Å². The number of rotatable bonds is 7. The smallest absolute Gasteiger partial charge is 0.220 e. The Hall–Kier alpha value is -3.54. The van der Waals surface area contributed by atoms with E-state index in [4.69, 9.17) is 9.47 Å². The normalized spacial score (nSPS) is 15.9. The number of ketones is 2. The zero-order valence-electron chi connectivity index (χ0n) is 15.0. The number of aliphatic hydroxyl groups is 1. The second kappa shape index (κ2) is 9.24. The lowest BCUT2D eigenvalue weighted by atomic mass is 10.1. The van der Waals surface area contributed by atoms with Crippen LogP contribution < -0.4 is 4.74 Å². The lowest BCUT2D eigenvalue weighted by Crippen LogP contribution is -2.05. The molecule has 0 aromatic heterocycles. The number of methoxy groups -OCH3 is 2. The maximum atomic E-state index is 12.0. The quantitative estimate of drug-likeness (QED) is 0.435. The van der Waals surface area contributed by atoms with E-state index in [-0.39, 0.29) is 35.3 Å². The van der Waals surface area contributed by atoms with Crippen LogP contribution in [0, 0.1) is 0 Å². The number of aliphatic hydroxyl groups excluding tert-OH is 1. The molecule has 0 aliphatic heterocycles. The molecule has 2 N–H and O–H groups in total. The van der Waals surface area contributed by atoms with E-state index in [2.05, 4.69) is 0 Å². The minimum absolute atomic E-state index is 0.0155. The van der Waals surface area contributed by atoms with E-state index in [0.29, 0.717) is 16.9 Å². The van der Waals surface area contributed by atoms with Crippen molar-refractivity contribution in [2.24, 2.45) is 0 Å². The highest BCUT2D eigenvalue weighted by molar-refractivity contribution is 6.04. The van der Waals surface area contributed by atoms with E-state index in [1.54, 1.807) is 36.4 Å². The fourth-order valence-electron chi connectivity index (χ4n) is 2.28. The fourth-order valence-corrected chi connectivity index (χ4v) is 2.28. The molecule has 0 saturated carbocycles. The minimum atomic E-state index is -0.300.